The van der Waals surface area contributed by atoms with Gasteiger partial charge in [-0.05, 0) is 63.2 Å². The molecular formula is C18H18BrNO3. The highest BCUT2D eigenvalue weighted by molar-refractivity contribution is 9.10. The highest BCUT2D eigenvalue weighted by atomic mass is 79.9. The molecule has 0 spiro atoms. The van der Waals surface area contributed by atoms with Gasteiger partial charge >= 0.3 is 0 Å². The van der Waals surface area contributed by atoms with Gasteiger partial charge in [-0.2, -0.15) is 0 Å². The molecule has 0 bridgehead atoms. The molecule has 0 aliphatic rings. The van der Waals surface area contributed by atoms with E-state index < -0.39 is 0 Å². The predicted octanol–water partition coefficient (Wildman–Crippen LogP) is 4.69. The summed E-state index contributed by atoms with van der Waals surface area (Å²) in [5, 5.41) is 2.81. The number of benzene rings is 2. The van der Waals surface area contributed by atoms with Crippen LogP contribution in [0.5, 0.6) is 5.75 Å². The first kappa shape index (κ1) is 17.2. The number of nitrogens with one attached hydrogen (secondary N) is 1. The lowest BCUT2D eigenvalue weighted by atomic mass is 10.1. The molecule has 5 heteroatoms. The van der Waals surface area contributed by atoms with Gasteiger partial charge < -0.3 is 10.1 Å². The van der Waals surface area contributed by atoms with Gasteiger partial charge in [-0.3, -0.25) is 9.59 Å². The molecule has 2 aromatic rings. The van der Waals surface area contributed by atoms with Crippen LogP contribution in [0.25, 0.3) is 0 Å². The van der Waals surface area contributed by atoms with Crippen LogP contribution in [0, 0.1) is 0 Å². The number of carbonyl (C=O) groups excluding carboxylic acids is 2. The van der Waals surface area contributed by atoms with Gasteiger partial charge in [0.05, 0.1) is 11.7 Å². The zero-order valence-corrected chi connectivity index (χ0v) is 14.8. The van der Waals surface area contributed by atoms with E-state index in [4.69, 9.17) is 4.74 Å². The Hall–Kier alpha value is -2.14. The summed E-state index contributed by atoms with van der Waals surface area (Å²) in [5.74, 6) is 0.251. The number of Topliss-reactive ketones (excluding diaryl/α,β-unsaturated/α-hetero) is 1. The number of hydrogen-bond acceptors (Lipinski definition) is 3. The zero-order chi connectivity index (χ0) is 17.0. The van der Waals surface area contributed by atoms with Crippen LogP contribution in [0.4, 0.5) is 5.69 Å². The maximum Gasteiger partial charge on any atom is 0.259 e. The molecule has 0 aliphatic carbocycles. The lowest BCUT2D eigenvalue weighted by Gasteiger charge is -2.14. The Kier molecular flexibility index (Phi) is 5.55. The van der Waals surface area contributed by atoms with Crippen molar-refractivity contribution in [1.29, 1.82) is 0 Å². The summed E-state index contributed by atoms with van der Waals surface area (Å²) in [7, 11) is 0. The molecule has 0 heterocycles. The molecule has 4 nitrogen and oxygen atoms in total. The van der Waals surface area contributed by atoms with E-state index in [0.29, 0.717) is 22.6 Å². The largest absolute Gasteiger partial charge is 0.490 e. The minimum Gasteiger partial charge on any atom is -0.490 e. The number of hydrogen-bond donors (Lipinski definition) is 1. The summed E-state index contributed by atoms with van der Waals surface area (Å²) in [4.78, 5) is 23.8. The summed E-state index contributed by atoms with van der Waals surface area (Å²) in [6, 6.07) is 12.1. The van der Waals surface area contributed by atoms with Crippen LogP contribution in [0.3, 0.4) is 0 Å². The predicted molar refractivity (Wildman–Crippen MR) is 94.3 cm³/mol. The first-order valence-electron chi connectivity index (χ1n) is 7.25. The van der Waals surface area contributed by atoms with E-state index in [1.54, 1.807) is 36.4 Å². The molecule has 2 rings (SSSR count). The Morgan fingerprint density at radius 3 is 2.30 bits per heavy atom. The number of rotatable bonds is 5. The number of ketones is 1. The maximum absolute atomic E-state index is 12.5. The number of amides is 1. The highest BCUT2D eigenvalue weighted by Gasteiger charge is 2.15. The second kappa shape index (κ2) is 7.42. The second-order valence-corrected chi connectivity index (χ2v) is 6.31. The third-order valence-corrected chi connectivity index (χ3v) is 3.59. The van der Waals surface area contributed by atoms with Crippen LogP contribution in [0.1, 0.15) is 41.5 Å². The number of anilines is 1. The molecule has 2 aromatic carbocycles. The van der Waals surface area contributed by atoms with Crippen molar-refractivity contribution < 1.29 is 14.3 Å². The quantitative estimate of drug-likeness (QED) is 0.771. The Morgan fingerprint density at radius 2 is 1.74 bits per heavy atom. The number of ether oxygens (including phenoxy) is 1. The summed E-state index contributed by atoms with van der Waals surface area (Å²) in [6.45, 7) is 5.32. The van der Waals surface area contributed by atoms with Crippen molar-refractivity contribution in [2.24, 2.45) is 0 Å². The van der Waals surface area contributed by atoms with Gasteiger partial charge in [0.15, 0.2) is 5.78 Å². The van der Waals surface area contributed by atoms with Crippen LogP contribution in [-0.2, 0) is 0 Å². The molecule has 0 radical (unpaired) electrons. The Bertz CT molecular complexity index is 724. The summed E-state index contributed by atoms with van der Waals surface area (Å²) in [6.07, 6.45) is -0.0300. The summed E-state index contributed by atoms with van der Waals surface area (Å²) in [5.41, 5.74) is 1.67. The van der Waals surface area contributed by atoms with Gasteiger partial charge in [-0.25, -0.2) is 0 Å². The molecule has 1 N–H and O–H groups in total. The minimum atomic E-state index is -0.266. The highest BCUT2D eigenvalue weighted by Crippen LogP contribution is 2.25. The molecule has 0 saturated carbocycles. The fraction of sp³-hybridized carbons (Fsp3) is 0.222. The smallest absolute Gasteiger partial charge is 0.259 e. The second-order valence-electron chi connectivity index (χ2n) is 5.39. The average Bonchev–Trinajstić information content (AvgIpc) is 2.49. The lowest BCUT2D eigenvalue weighted by molar-refractivity contribution is 0.101. The van der Waals surface area contributed by atoms with Crippen molar-refractivity contribution in [3.05, 3.63) is 58.1 Å². The summed E-state index contributed by atoms with van der Waals surface area (Å²) >= 11 is 3.37. The fourth-order valence-corrected chi connectivity index (χ4v) is 2.38. The molecule has 0 fully saturated rings. The van der Waals surface area contributed by atoms with E-state index in [1.165, 1.54) is 6.92 Å². The molecule has 0 aliphatic heterocycles. The van der Waals surface area contributed by atoms with Gasteiger partial charge in [0.2, 0.25) is 0 Å². The average molecular weight is 376 g/mol. The Labute approximate surface area is 144 Å². The van der Waals surface area contributed by atoms with Crippen molar-refractivity contribution in [3.63, 3.8) is 0 Å². The molecule has 0 atom stereocenters. The molecular weight excluding hydrogens is 358 g/mol. The first-order chi connectivity index (χ1) is 10.9. The standard InChI is InChI=1S/C18H18BrNO3/c1-11(2)23-17-9-6-14(19)10-16(17)18(22)20-15-7-4-13(5-8-15)12(3)21/h4-11H,1-3H3,(H,20,22). The maximum atomic E-state index is 12.5. The summed E-state index contributed by atoms with van der Waals surface area (Å²) < 4.78 is 6.48. The van der Waals surface area contributed by atoms with Gasteiger partial charge in [-0.1, -0.05) is 15.9 Å². The molecule has 0 saturated heterocycles. The normalized spacial score (nSPS) is 10.5. The van der Waals surface area contributed by atoms with Crippen molar-refractivity contribution in [1.82, 2.24) is 0 Å². The van der Waals surface area contributed by atoms with Crippen molar-refractivity contribution in [2.75, 3.05) is 5.32 Å². The third kappa shape index (κ3) is 4.66. The van der Waals surface area contributed by atoms with Crippen molar-refractivity contribution in [2.45, 2.75) is 26.9 Å². The van der Waals surface area contributed by atoms with Crippen LogP contribution in [-0.4, -0.2) is 17.8 Å². The monoisotopic (exact) mass is 375 g/mol. The van der Waals surface area contributed by atoms with Gasteiger partial charge in [-0.15, -0.1) is 0 Å². The van der Waals surface area contributed by atoms with Crippen LogP contribution < -0.4 is 10.1 Å². The molecule has 0 aromatic heterocycles. The number of carbonyl (C=O) groups is 2. The van der Waals surface area contributed by atoms with Crippen LogP contribution >= 0.6 is 15.9 Å². The molecule has 120 valence electrons. The fourth-order valence-electron chi connectivity index (χ4n) is 2.02. The van der Waals surface area contributed by atoms with Gasteiger partial charge in [0.1, 0.15) is 5.75 Å². The minimum absolute atomic E-state index is 0.0116. The van der Waals surface area contributed by atoms with E-state index in [1.807, 2.05) is 19.9 Å². The van der Waals surface area contributed by atoms with E-state index >= 15 is 0 Å². The van der Waals surface area contributed by atoms with E-state index in [-0.39, 0.29) is 17.8 Å². The van der Waals surface area contributed by atoms with Crippen molar-refractivity contribution >= 4 is 33.3 Å². The van der Waals surface area contributed by atoms with Crippen molar-refractivity contribution in [3.8, 4) is 5.75 Å². The third-order valence-electron chi connectivity index (χ3n) is 3.10. The Morgan fingerprint density at radius 1 is 1.09 bits per heavy atom. The first-order valence-corrected chi connectivity index (χ1v) is 8.04. The van der Waals surface area contributed by atoms with Crippen LogP contribution in [0.15, 0.2) is 46.9 Å². The molecule has 1 amide bonds. The van der Waals surface area contributed by atoms with E-state index in [0.717, 1.165) is 4.47 Å². The van der Waals surface area contributed by atoms with E-state index in [9.17, 15) is 9.59 Å². The molecule has 23 heavy (non-hydrogen) atoms. The van der Waals surface area contributed by atoms with Crippen LogP contribution in [0.2, 0.25) is 0 Å². The molecule has 0 unspecified atom stereocenters. The number of halogens is 1. The van der Waals surface area contributed by atoms with E-state index in [2.05, 4.69) is 21.2 Å². The van der Waals surface area contributed by atoms with Gasteiger partial charge in [0.25, 0.3) is 5.91 Å². The zero-order valence-electron chi connectivity index (χ0n) is 13.2. The lowest BCUT2D eigenvalue weighted by Crippen LogP contribution is -2.16. The topological polar surface area (TPSA) is 55.4 Å². The Balaban J connectivity index is 2.23. The van der Waals surface area contributed by atoms with Gasteiger partial charge in [0, 0.05) is 15.7 Å². The SMILES string of the molecule is CC(=O)c1ccc(NC(=O)c2cc(Br)ccc2OC(C)C)cc1.